The zero-order valence-corrected chi connectivity index (χ0v) is 59.4. The summed E-state index contributed by atoms with van der Waals surface area (Å²) in [6.07, 6.45) is -35.9. The molecule has 0 amide bonds. The Hall–Kier alpha value is -1.40. The van der Waals surface area contributed by atoms with E-state index in [9.17, 15) is 0 Å². The molecule has 0 aliphatic carbocycles. The van der Waals surface area contributed by atoms with E-state index in [-0.39, 0.29) is 46.2 Å². The fraction of sp³-hybridized carbons (Fsp3) is 1.00. The molecule has 0 saturated carbocycles. The summed E-state index contributed by atoms with van der Waals surface area (Å²) in [6.45, 7) is -0.765. The number of fused-ring (bicyclic) bond motifs is 1. The van der Waals surface area contributed by atoms with Crippen LogP contribution in [0.5, 0.6) is 0 Å². The van der Waals surface area contributed by atoms with Crippen molar-refractivity contribution >= 4 is 0 Å². The average molecular weight is 1410 g/mol. The van der Waals surface area contributed by atoms with E-state index < -0.39 is 215 Å². The third-order valence-corrected chi connectivity index (χ3v) is 19.5. The van der Waals surface area contributed by atoms with Crippen LogP contribution in [0.1, 0.15) is 0 Å². The van der Waals surface area contributed by atoms with Crippen molar-refractivity contribution in [2.24, 2.45) is 0 Å². The topological polar surface area (TPSA) is 323 Å². The molecule has 20 saturated heterocycles. The van der Waals surface area contributed by atoms with Gasteiger partial charge in [0.05, 0.1) is 39.6 Å². The summed E-state index contributed by atoms with van der Waals surface area (Å²) in [7, 11) is 30.1. The second-order valence-electron chi connectivity index (χ2n) is 24.5. The number of rotatable bonds is 26. The maximum absolute atomic E-state index is 7.16. The van der Waals surface area contributed by atoms with Crippen molar-refractivity contribution in [3.8, 4) is 0 Å². The molecule has 35 unspecified atom stereocenters. The number of methoxy groups -OCH3 is 20. The second kappa shape index (κ2) is 37.5. The van der Waals surface area contributed by atoms with Crippen molar-refractivity contribution in [2.75, 3.05) is 188 Å². The van der Waals surface area contributed by atoms with E-state index in [1.807, 2.05) is 0 Å². The van der Waals surface area contributed by atoms with E-state index in [0.717, 1.165) is 0 Å². The first-order chi connectivity index (χ1) is 47.2. The lowest BCUT2D eigenvalue weighted by atomic mass is 9.92. The highest BCUT2D eigenvalue weighted by Crippen LogP contribution is 2.46. The van der Waals surface area contributed by atoms with Crippen molar-refractivity contribution in [3.05, 3.63) is 0 Å². The van der Waals surface area contributed by atoms with Crippen LogP contribution >= 0.6 is 0 Å². The van der Waals surface area contributed by atoms with Crippen molar-refractivity contribution in [1.82, 2.24) is 0 Å². The number of ether oxygens (including phenoxy) is 35. The molecule has 14 bridgehead atoms. The first-order valence-electron chi connectivity index (χ1n) is 32.3. The maximum Gasteiger partial charge on any atom is 0.224 e. The third kappa shape index (κ3) is 16.4. The summed E-state index contributed by atoms with van der Waals surface area (Å²) in [6, 6.07) is 0. The van der Waals surface area contributed by atoms with Crippen LogP contribution in [0.4, 0.5) is 0 Å². The van der Waals surface area contributed by atoms with Crippen LogP contribution in [-0.4, -0.2) is 403 Å². The summed E-state index contributed by atoms with van der Waals surface area (Å²) >= 11 is 0. The van der Waals surface area contributed by atoms with Gasteiger partial charge in [0, 0.05) is 142 Å². The normalized spacial score (nSPS) is 47.6. The van der Waals surface area contributed by atoms with Crippen molar-refractivity contribution < 1.29 is 166 Å². The first kappa shape index (κ1) is 79.7. The highest BCUT2D eigenvalue weighted by Gasteiger charge is 2.66. The lowest BCUT2D eigenvalue weighted by Crippen LogP contribution is -2.74. The van der Waals surface area contributed by atoms with Crippen LogP contribution in [0.2, 0.25) is 0 Å². The predicted octanol–water partition coefficient (Wildman–Crippen LogP) is -1.78. The van der Waals surface area contributed by atoms with E-state index in [1.54, 1.807) is 0 Å². The van der Waals surface area contributed by atoms with Crippen molar-refractivity contribution in [2.45, 2.75) is 215 Å². The SMILES string of the molecule is COCC1OC2OC3C(COC)OC(OC4C(COC)OC(OC5C(OC)C(OC)C6OC7C(COC5(COC)O6)OC(OC5C(COC)OC(OC6C(COC)OC(OC1C(OC)C2OC)C(OC)C6OC)C(OC)C5OC)C(OC)C7OC)C(OC)C4OC)C(OC)C3OC. The van der Waals surface area contributed by atoms with Gasteiger partial charge in [0.25, 0.3) is 0 Å². The largest absolute Gasteiger partial charge is 0.382 e. The van der Waals surface area contributed by atoms with E-state index in [0.29, 0.717) is 0 Å². The lowest BCUT2D eigenvalue weighted by Gasteiger charge is -2.56. The average Bonchev–Trinajstić information content (AvgIpc) is 0.741. The zero-order chi connectivity index (χ0) is 69.8. The molecular formula is C62H108O35. The third-order valence-electron chi connectivity index (χ3n) is 19.5. The minimum Gasteiger partial charge on any atom is -0.382 e. The summed E-state index contributed by atoms with van der Waals surface area (Å²) in [5, 5.41) is 0. The highest BCUT2D eigenvalue weighted by molar-refractivity contribution is 5.06. The molecule has 566 valence electrons. The second-order valence-corrected chi connectivity index (χ2v) is 24.5. The molecule has 20 fully saturated rings. The summed E-state index contributed by atoms with van der Waals surface area (Å²) < 4.78 is 228. The van der Waals surface area contributed by atoms with Crippen LogP contribution in [0.3, 0.4) is 0 Å². The van der Waals surface area contributed by atoms with Gasteiger partial charge in [0.2, 0.25) is 5.79 Å². The van der Waals surface area contributed by atoms with Gasteiger partial charge in [-0.1, -0.05) is 0 Å². The van der Waals surface area contributed by atoms with Crippen LogP contribution in [0.25, 0.3) is 0 Å². The number of hydrogen-bond donors (Lipinski definition) is 0. The molecule has 0 aromatic carbocycles. The van der Waals surface area contributed by atoms with Crippen LogP contribution in [0, 0.1) is 0 Å². The molecule has 35 heteroatoms. The zero-order valence-electron chi connectivity index (χ0n) is 59.4. The fourth-order valence-corrected chi connectivity index (χ4v) is 15.1. The number of hydrogen-bond acceptors (Lipinski definition) is 35. The van der Waals surface area contributed by atoms with Crippen molar-refractivity contribution in [3.63, 3.8) is 0 Å². The molecule has 0 aromatic rings. The first-order valence-corrected chi connectivity index (χ1v) is 32.3. The molecule has 35 nitrogen and oxygen atoms in total. The van der Waals surface area contributed by atoms with E-state index >= 15 is 0 Å². The summed E-state index contributed by atoms with van der Waals surface area (Å²) in [5.41, 5.74) is 0. The van der Waals surface area contributed by atoms with Gasteiger partial charge in [0.1, 0.15) is 171 Å². The van der Waals surface area contributed by atoms with Gasteiger partial charge in [-0.25, -0.2) is 0 Å². The van der Waals surface area contributed by atoms with Gasteiger partial charge in [-0.3, -0.25) is 0 Å². The van der Waals surface area contributed by atoms with Gasteiger partial charge in [-0.05, 0) is 0 Å². The summed E-state index contributed by atoms with van der Waals surface area (Å²) in [4.78, 5) is 0. The molecular weight excluding hydrogens is 1300 g/mol. The molecule has 20 aliphatic rings. The molecule has 0 spiro atoms. The summed E-state index contributed by atoms with van der Waals surface area (Å²) in [5.74, 6) is -1.88. The van der Waals surface area contributed by atoms with Gasteiger partial charge >= 0.3 is 0 Å². The lowest BCUT2D eigenvalue weighted by molar-refractivity contribution is -0.468. The Bertz CT molecular complexity index is 2260. The van der Waals surface area contributed by atoms with E-state index in [2.05, 4.69) is 0 Å². The quantitative estimate of drug-likeness (QED) is 0.0924. The molecule has 0 aromatic heterocycles. The fourth-order valence-electron chi connectivity index (χ4n) is 15.1. The van der Waals surface area contributed by atoms with Gasteiger partial charge in [-0.15, -0.1) is 0 Å². The van der Waals surface area contributed by atoms with Gasteiger partial charge in [0.15, 0.2) is 44.0 Å². The van der Waals surface area contributed by atoms with Crippen LogP contribution in [-0.2, 0) is 166 Å². The maximum atomic E-state index is 7.16. The molecule has 97 heavy (non-hydrogen) atoms. The molecule has 35 atom stereocenters. The monoisotopic (exact) mass is 1410 g/mol. The minimum absolute atomic E-state index is 0.0372. The predicted molar refractivity (Wildman–Crippen MR) is 322 cm³/mol. The van der Waals surface area contributed by atoms with E-state index in [4.69, 9.17) is 166 Å². The molecule has 20 rings (SSSR count). The Balaban J connectivity index is 1.16. The Morgan fingerprint density at radius 2 is 0.474 bits per heavy atom. The molecule has 0 radical (unpaired) electrons. The Kier molecular flexibility index (Phi) is 30.8. The Morgan fingerprint density at radius 3 is 0.732 bits per heavy atom. The van der Waals surface area contributed by atoms with E-state index in [1.165, 1.54) is 142 Å². The molecule has 20 heterocycles. The highest BCUT2D eigenvalue weighted by atomic mass is 16.9. The van der Waals surface area contributed by atoms with Crippen LogP contribution in [0.15, 0.2) is 0 Å². The Labute approximate surface area is 567 Å². The van der Waals surface area contributed by atoms with Gasteiger partial charge in [-0.2, -0.15) is 0 Å². The van der Waals surface area contributed by atoms with Crippen LogP contribution < -0.4 is 0 Å². The standard InChI is InChI=1S/C62H108O35/c1-63-21-28-34-40(69-7)47(76-14)56(84-28)91-36-30(23-65-3)86-58(49(78-16)42(36)71-9)93-38-32(25-67-5)88-60(52(81-19)44(38)73-11)96-54-46(75-13)53(82-20)61-95-39-33(26-83-62(54,97-61)27-68-6)89-59(51(80-18)45(39)74-12)94-37-31(24-66-4)87-57(50(79-17)43(37)72-10)92-35-29(22-64-2)85-55(90-34)48(77-15)41(35)70-8/h28-61H,21-27H2,1-20H3. The Morgan fingerprint density at radius 1 is 0.237 bits per heavy atom. The minimum atomic E-state index is -1.88. The smallest absolute Gasteiger partial charge is 0.224 e. The molecule has 20 aliphatic heterocycles. The molecule has 0 N–H and O–H groups in total. The van der Waals surface area contributed by atoms with Gasteiger partial charge < -0.3 is 166 Å². The van der Waals surface area contributed by atoms with Crippen molar-refractivity contribution in [1.29, 1.82) is 0 Å².